The number of aromatic amines is 1. The molecule has 0 aliphatic rings. The van der Waals surface area contributed by atoms with Crippen molar-refractivity contribution in [1.82, 2.24) is 20.0 Å². The number of anilines is 1. The third-order valence-corrected chi connectivity index (χ3v) is 3.43. The molecule has 0 bridgehead atoms. The van der Waals surface area contributed by atoms with Gasteiger partial charge in [-0.3, -0.25) is 15.2 Å². The van der Waals surface area contributed by atoms with E-state index >= 15 is 0 Å². The van der Waals surface area contributed by atoms with Gasteiger partial charge in [-0.15, -0.1) is 0 Å². The maximum Gasteiger partial charge on any atom is 0.333 e. The zero-order chi connectivity index (χ0) is 15.4. The third-order valence-electron chi connectivity index (χ3n) is 3.43. The van der Waals surface area contributed by atoms with Crippen molar-refractivity contribution in [3.8, 4) is 0 Å². The summed E-state index contributed by atoms with van der Waals surface area (Å²) in [5.74, 6) is 0.490. The maximum atomic E-state index is 11.1. The number of nitro groups is 1. The molecular weight excluding hydrogens is 272 g/mol. The maximum absolute atomic E-state index is 11.1. The van der Waals surface area contributed by atoms with Gasteiger partial charge >= 0.3 is 5.69 Å². The highest BCUT2D eigenvalue weighted by atomic mass is 16.6. The van der Waals surface area contributed by atoms with Gasteiger partial charge in [-0.05, 0) is 39.2 Å². The minimum absolute atomic E-state index is 0.0661. The van der Waals surface area contributed by atoms with E-state index in [2.05, 4.69) is 20.6 Å². The van der Waals surface area contributed by atoms with Crippen LogP contribution in [0.1, 0.15) is 30.3 Å². The highest BCUT2D eigenvalue weighted by Gasteiger charge is 2.24. The molecule has 0 saturated heterocycles. The highest BCUT2D eigenvalue weighted by molar-refractivity contribution is 5.59. The summed E-state index contributed by atoms with van der Waals surface area (Å²) in [6, 6.07) is 0. The molecule has 2 rings (SSSR count). The van der Waals surface area contributed by atoms with Crippen LogP contribution in [0.3, 0.4) is 0 Å². The first-order valence-electron chi connectivity index (χ1n) is 6.99. The van der Waals surface area contributed by atoms with E-state index in [1.54, 1.807) is 11.6 Å². The first kappa shape index (κ1) is 15.0. The molecule has 0 fully saturated rings. The minimum atomic E-state index is -0.378. The zero-order valence-corrected chi connectivity index (χ0v) is 12.5. The van der Waals surface area contributed by atoms with Crippen molar-refractivity contribution < 1.29 is 4.92 Å². The SMILES string of the molecule is CCn1nc(C)c([N+](=O)[O-])c1NCCCc1cn[nH]c1C. The minimum Gasteiger partial charge on any atom is -0.365 e. The van der Waals surface area contributed by atoms with Crippen LogP contribution in [0.15, 0.2) is 6.20 Å². The van der Waals surface area contributed by atoms with Crippen LogP contribution in [-0.4, -0.2) is 31.4 Å². The fraction of sp³-hybridized carbons (Fsp3) is 0.538. The number of rotatable bonds is 7. The summed E-state index contributed by atoms with van der Waals surface area (Å²) in [6.45, 7) is 6.80. The van der Waals surface area contributed by atoms with Crippen LogP contribution in [-0.2, 0) is 13.0 Å². The molecule has 0 amide bonds. The Hall–Kier alpha value is -2.38. The van der Waals surface area contributed by atoms with Gasteiger partial charge in [0.15, 0.2) is 0 Å². The summed E-state index contributed by atoms with van der Waals surface area (Å²) in [5, 5.41) is 25.3. The zero-order valence-electron chi connectivity index (χ0n) is 12.5. The lowest BCUT2D eigenvalue weighted by molar-refractivity contribution is -0.384. The summed E-state index contributed by atoms with van der Waals surface area (Å²) in [6.07, 6.45) is 3.56. The standard InChI is InChI=1S/C13H20N6O2/c1-4-18-13(12(19(20)21)10(3)17-18)14-7-5-6-11-8-15-16-9(11)2/h8,14H,4-7H2,1-3H3,(H,15,16). The van der Waals surface area contributed by atoms with Crippen molar-refractivity contribution in [1.29, 1.82) is 0 Å². The average Bonchev–Trinajstić information content (AvgIpc) is 2.98. The third kappa shape index (κ3) is 3.21. The van der Waals surface area contributed by atoms with E-state index in [9.17, 15) is 10.1 Å². The summed E-state index contributed by atoms with van der Waals surface area (Å²) >= 11 is 0. The number of aromatic nitrogens is 4. The molecule has 0 atom stereocenters. The fourth-order valence-corrected chi connectivity index (χ4v) is 2.31. The van der Waals surface area contributed by atoms with Gasteiger partial charge in [-0.1, -0.05) is 0 Å². The van der Waals surface area contributed by atoms with Crippen LogP contribution in [0, 0.1) is 24.0 Å². The second-order valence-electron chi connectivity index (χ2n) is 4.91. The van der Waals surface area contributed by atoms with E-state index in [0.29, 0.717) is 24.6 Å². The number of aryl methyl sites for hydroxylation is 4. The molecular formula is C13H20N6O2. The van der Waals surface area contributed by atoms with Gasteiger partial charge in [0, 0.05) is 18.8 Å². The lowest BCUT2D eigenvalue weighted by Gasteiger charge is -2.07. The van der Waals surface area contributed by atoms with Crippen LogP contribution >= 0.6 is 0 Å². The Bertz CT molecular complexity index is 631. The van der Waals surface area contributed by atoms with Crippen molar-refractivity contribution in [3.05, 3.63) is 33.3 Å². The van der Waals surface area contributed by atoms with Gasteiger partial charge in [0.1, 0.15) is 5.69 Å². The van der Waals surface area contributed by atoms with Gasteiger partial charge in [0.05, 0.1) is 11.1 Å². The molecule has 2 aromatic heterocycles. The van der Waals surface area contributed by atoms with Crippen molar-refractivity contribution in [2.75, 3.05) is 11.9 Å². The topological polar surface area (TPSA) is 102 Å². The predicted octanol–water partition coefficient (Wildman–Crippen LogP) is 2.20. The summed E-state index contributed by atoms with van der Waals surface area (Å²) in [4.78, 5) is 10.8. The normalized spacial score (nSPS) is 10.8. The molecule has 0 unspecified atom stereocenters. The van der Waals surface area contributed by atoms with Gasteiger partial charge < -0.3 is 5.32 Å². The Labute approximate surface area is 122 Å². The number of hydrogen-bond acceptors (Lipinski definition) is 5. The van der Waals surface area contributed by atoms with Gasteiger partial charge in [0.25, 0.3) is 0 Å². The van der Waals surface area contributed by atoms with Crippen molar-refractivity contribution in [2.45, 2.75) is 40.2 Å². The first-order valence-corrected chi connectivity index (χ1v) is 6.99. The number of hydrogen-bond donors (Lipinski definition) is 2. The van der Waals surface area contributed by atoms with E-state index in [0.717, 1.165) is 18.5 Å². The lowest BCUT2D eigenvalue weighted by atomic mass is 10.1. The molecule has 2 heterocycles. The Morgan fingerprint density at radius 3 is 2.81 bits per heavy atom. The molecule has 2 N–H and O–H groups in total. The van der Waals surface area contributed by atoms with Crippen molar-refractivity contribution >= 4 is 11.5 Å². The summed E-state index contributed by atoms with van der Waals surface area (Å²) in [7, 11) is 0. The highest BCUT2D eigenvalue weighted by Crippen LogP contribution is 2.28. The van der Waals surface area contributed by atoms with Crippen LogP contribution in [0.5, 0.6) is 0 Å². The molecule has 114 valence electrons. The smallest absolute Gasteiger partial charge is 0.333 e. The number of nitrogens with one attached hydrogen (secondary N) is 2. The van der Waals surface area contributed by atoms with Crippen molar-refractivity contribution in [3.63, 3.8) is 0 Å². The second kappa shape index (κ2) is 6.38. The molecule has 2 aromatic rings. The van der Waals surface area contributed by atoms with E-state index in [1.165, 1.54) is 5.56 Å². The molecule has 0 aliphatic carbocycles. The predicted molar refractivity (Wildman–Crippen MR) is 79.4 cm³/mol. The van der Waals surface area contributed by atoms with E-state index < -0.39 is 0 Å². The Morgan fingerprint density at radius 2 is 2.24 bits per heavy atom. The molecule has 0 spiro atoms. The summed E-state index contributed by atoms with van der Waals surface area (Å²) < 4.78 is 1.64. The monoisotopic (exact) mass is 292 g/mol. The number of nitrogens with zero attached hydrogens (tertiary/aromatic N) is 4. The fourth-order valence-electron chi connectivity index (χ4n) is 2.31. The largest absolute Gasteiger partial charge is 0.365 e. The van der Waals surface area contributed by atoms with E-state index in [4.69, 9.17) is 0 Å². The van der Waals surface area contributed by atoms with E-state index in [-0.39, 0.29) is 10.6 Å². The molecule has 0 radical (unpaired) electrons. The van der Waals surface area contributed by atoms with Crippen LogP contribution in [0.4, 0.5) is 11.5 Å². The Morgan fingerprint density at radius 1 is 1.48 bits per heavy atom. The molecule has 8 heteroatoms. The molecule has 0 saturated carbocycles. The molecule has 0 aliphatic heterocycles. The molecule has 21 heavy (non-hydrogen) atoms. The van der Waals surface area contributed by atoms with Crippen LogP contribution < -0.4 is 5.32 Å². The molecule has 0 aromatic carbocycles. The van der Waals surface area contributed by atoms with E-state index in [1.807, 2.05) is 20.0 Å². The molecule has 8 nitrogen and oxygen atoms in total. The summed E-state index contributed by atoms with van der Waals surface area (Å²) in [5.41, 5.74) is 2.74. The Balaban J connectivity index is 1.99. The van der Waals surface area contributed by atoms with Gasteiger partial charge in [-0.25, -0.2) is 4.68 Å². The van der Waals surface area contributed by atoms with Crippen molar-refractivity contribution in [2.24, 2.45) is 0 Å². The lowest BCUT2D eigenvalue weighted by Crippen LogP contribution is -2.10. The van der Waals surface area contributed by atoms with Gasteiger partial charge in [0.2, 0.25) is 5.82 Å². The quantitative estimate of drug-likeness (QED) is 0.462. The van der Waals surface area contributed by atoms with Crippen LogP contribution in [0.25, 0.3) is 0 Å². The van der Waals surface area contributed by atoms with Crippen LogP contribution in [0.2, 0.25) is 0 Å². The number of H-pyrrole nitrogens is 1. The Kier molecular flexibility index (Phi) is 4.56. The average molecular weight is 292 g/mol. The second-order valence-corrected chi connectivity index (χ2v) is 4.91. The van der Waals surface area contributed by atoms with Gasteiger partial charge in [-0.2, -0.15) is 10.2 Å². The first-order chi connectivity index (χ1) is 10.0.